The number of fused-ring (bicyclic) bond motifs is 2. The molecule has 0 N–H and O–H groups in total. The summed E-state index contributed by atoms with van der Waals surface area (Å²) in [7, 11) is 0. The highest BCUT2D eigenvalue weighted by molar-refractivity contribution is 6.00. The number of carbonyl (C=O) groups is 1. The van der Waals surface area contributed by atoms with Gasteiger partial charge in [0.15, 0.2) is 5.78 Å². The van der Waals surface area contributed by atoms with Crippen LogP contribution in [0.15, 0.2) is 72.9 Å². The minimum Gasteiger partial charge on any atom is -0.487 e. The van der Waals surface area contributed by atoms with Gasteiger partial charge >= 0.3 is 0 Å². The largest absolute Gasteiger partial charge is 0.487 e. The lowest BCUT2D eigenvalue weighted by atomic mass is 9.94. The molecule has 1 unspecified atom stereocenters. The van der Waals surface area contributed by atoms with E-state index in [9.17, 15) is 4.79 Å². The number of rotatable bonds is 6. The molecule has 0 saturated carbocycles. The molecule has 192 valence electrons. The number of ketones is 1. The van der Waals surface area contributed by atoms with Gasteiger partial charge in [-0.2, -0.15) is 0 Å². The molecule has 7 nitrogen and oxygen atoms in total. The lowest BCUT2D eigenvalue weighted by Gasteiger charge is -2.30. The molecule has 1 aromatic heterocycles. The second kappa shape index (κ2) is 9.49. The SMILES string of the molecule is Cc1ccc(Cn2cc(COc3ccc4c(c3)OC(c3ccc5c(c3)C=CC(C)(C)O5)CC4=O)nn2)cc1. The third-order valence-electron chi connectivity index (χ3n) is 6.77. The van der Waals surface area contributed by atoms with Crippen molar-refractivity contribution >= 4 is 11.9 Å². The number of aromatic nitrogens is 3. The molecule has 7 heteroatoms. The molecule has 0 bridgehead atoms. The summed E-state index contributed by atoms with van der Waals surface area (Å²) >= 11 is 0. The molecule has 0 aliphatic carbocycles. The summed E-state index contributed by atoms with van der Waals surface area (Å²) in [5.74, 6) is 2.01. The Morgan fingerprint density at radius 2 is 1.89 bits per heavy atom. The van der Waals surface area contributed by atoms with Crippen LogP contribution in [0.25, 0.3) is 6.08 Å². The van der Waals surface area contributed by atoms with Crippen LogP contribution >= 0.6 is 0 Å². The van der Waals surface area contributed by atoms with Gasteiger partial charge in [-0.3, -0.25) is 4.79 Å². The molecule has 3 aromatic carbocycles. The third kappa shape index (κ3) is 5.05. The summed E-state index contributed by atoms with van der Waals surface area (Å²) in [5.41, 5.74) is 5.25. The number of benzene rings is 3. The molecule has 2 aliphatic heterocycles. The van der Waals surface area contributed by atoms with Gasteiger partial charge in [0.2, 0.25) is 0 Å². The third-order valence-corrected chi connectivity index (χ3v) is 6.77. The highest BCUT2D eigenvalue weighted by Gasteiger charge is 2.29. The van der Waals surface area contributed by atoms with Crippen LogP contribution in [0.3, 0.4) is 0 Å². The van der Waals surface area contributed by atoms with Crippen molar-refractivity contribution < 1.29 is 19.0 Å². The molecular weight excluding hydrogens is 478 g/mol. The number of ether oxygens (including phenoxy) is 3. The molecule has 3 heterocycles. The van der Waals surface area contributed by atoms with E-state index in [2.05, 4.69) is 47.6 Å². The molecule has 38 heavy (non-hydrogen) atoms. The van der Waals surface area contributed by atoms with E-state index >= 15 is 0 Å². The Morgan fingerprint density at radius 1 is 1.05 bits per heavy atom. The zero-order valence-corrected chi connectivity index (χ0v) is 21.7. The maximum Gasteiger partial charge on any atom is 0.170 e. The number of aryl methyl sites for hydroxylation is 1. The highest BCUT2D eigenvalue weighted by atomic mass is 16.5. The van der Waals surface area contributed by atoms with Gasteiger partial charge in [-0.1, -0.05) is 47.2 Å². The summed E-state index contributed by atoms with van der Waals surface area (Å²) in [6.07, 6.45) is 5.88. The maximum absolute atomic E-state index is 12.9. The van der Waals surface area contributed by atoms with Crippen LogP contribution in [0.1, 0.15) is 64.7 Å². The fourth-order valence-electron chi connectivity index (χ4n) is 4.70. The van der Waals surface area contributed by atoms with Crippen molar-refractivity contribution in [2.75, 3.05) is 0 Å². The Balaban J connectivity index is 1.13. The fourth-order valence-corrected chi connectivity index (χ4v) is 4.70. The highest BCUT2D eigenvalue weighted by Crippen LogP contribution is 2.39. The van der Waals surface area contributed by atoms with Crippen molar-refractivity contribution in [3.05, 3.63) is 106 Å². The van der Waals surface area contributed by atoms with E-state index in [1.165, 1.54) is 5.56 Å². The lowest BCUT2D eigenvalue weighted by molar-refractivity contribution is 0.0849. The van der Waals surface area contributed by atoms with Crippen LogP contribution < -0.4 is 14.2 Å². The van der Waals surface area contributed by atoms with Gasteiger partial charge in [-0.05, 0) is 62.2 Å². The van der Waals surface area contributed by atoms with Crippen molar-refractivity contribution in [2.45, 2.75) is 52.0 Å². The van der Waals surface area contributed by atoms with E-state index in [4.69, 9.17) is 14.2 Å². The average Bonchev–Trinajstić information content (AvgIpc) is 3.35. The molecular formula is C31H29N3O4. The topological polar surface area (TPSA) is 75.5 Å². The maximum atomic E-state index is 12.9. The molecule has 4 aromatic rings. The smallest absolute Gasteiger partial charge is 0.170 e. The van der Waals surface area contributed by atoms with Gasteiger partial charge in [-0.15, -0.1) is 5.10 Å². The van der Waals surface area contributed by atoms with E-state index in [-0.39, 0.29) is 30.5 Å². The van der Waals surface area contributed by atoms with Crippen LogP contribution in [0.5, 0.6) is 17.2 Å². The summed E-state index contributed by atoms with van der Waals surface area (Å²) in [5, 5.41) is 8.44. The Morgan fingerprint density at radius 3 is 2.74 bits per heavy atom. The zero-order chi connectivity index (χ0) is 26.3. The van der Waals surface area contributed by atoms with Gasteiger partial charge in [0.05, 0.1) is 24.7 Å². The van der Waals surface area contributed by atoms with Crippen LogP contribution in [0, 0.1) is 6.92 Å². The summed E-state index contributed by atoms with van der Waals surface area (Å²) < 4.78 is 20.1. The first-order valence-electron chi connectivity index (χ1n) is 12.7. The predicted molar refractivity (Wildman–Crippen MR) is 144 cm³/mol. The van der Waals surface area contributed by atoms with Crippen LogP contribution in [-0.2, 0) is 13.2 Å². The Labute approximate surface area is 221 Å². The second-order valence-corrected chi connectivity index (χ2v) is 10.4. The molecule has 0 fully saturated rings. The molecule has 2 aliphatic rings. The first-order valence-corrected chi connectivity index (χ1v) is 12.7. The summed E-state index contributed by atoms with van der Waals surface area (Å²) in [6, 6.07) is 19.6. The first kappa shape index (κ1) is 24.0. The van der Waals surface area contributed by atoms with Crippen molar-refractivity contribution in [3.8, 4) is 17.2 Å². The number of hydrogen-bond donors (Lipinski definition) is 0. The molecule has 1 atom stereocenters. The van der Waals surface area contributed by atoms with Crippen LogP contribution in [0.2, 0.25) is 0 Å². The van der Waals surface area contributed by atoms with E-state index in [0.29, 0.717) is 23.6 Å². The second-order valence-electron chi connectivity index (χ2n) is 10.4. The van der Waals surface area contributed by atoms with Crippen molar-refractivity contribution in [3.63, 3.8) is 0 Å². The van der Waals surface area contributed by atoms with Crippen molar-refractivity contribution in [2.24, 2.45) is 0 Å². The number of hydrogen-bond acceptors (Lipinski definition) is 6. The van der Waals surface area contributed by atoms with Crippen molar-refractivity contribution in [1.82, 2.24) is 15.0 Å². The Kier molecular flexibility index (Phi) is 5.98. The molecule has 6 rings (SSSR count). The predicted octanol–water partition coefficient (Wildman–Crippen LogP) is 6.10. The van der Waals surface area contributed by atoms with Crippen LogP contribution in [0.4, 0.5) is 0 Å². The molecule has 0 spiro atoms. The minimum atomic E-state index is -0.374. The van der Waals surface area contributed by atoms with E-state index < -0.39 is 0 Å². The van der Waals surface area contributed by atoms with Crippen molar-refractivity contribution in [1.29, 1.82) is 0 Å². The Bertz CT molecular complexity index is 1540. The number of carbonyl (C=O) groups excluding carboxylic acids is 1. The molecule has 0 radical (unpaired) electrons. The van der Waals surface area contributed by atoms with Gasteiger partial charge in [0.1, 0.15) is 41.3 Å². The number of Topliss-reactive ketones (excluding diaryl/α,β-unsaturated/α-hetero) is 1. The standard InChI is InChI=1S/C31H29N3O4/c1-20-4-6-21(7-5-20)17-34-18-24(32-33-34)19-36-25-9-10-26-27(35)16-29(37-30(26)15-25)22-8-11-28-23(14-22)12-13-31(2,3)38-28/h4-15,18,29H,16-17,19H2,1-3H3. The van der Waals surface area contributed by atoms with Gasteiger partial charge in [0, 0.05) is 11.6 Å². The van der Waals surface area contributed by atoms with Gasteiger partial charge < -0.3 is 14.2 Å². The fraction of sp³-hybridized carbons (Fsp3) is 0.258. The average molecular weight is 508 g/mol. The number of nitrogens with zero attached hydrogens (tertiary/aromatic N) is 3. The zero-order valence-electron chi connectivity index (χ0n) is 21.7. The van der Waals surface area contributed by atoms with Gasteiger partial charge in [-0.25, -0.2) is 4.68 Å². The summed E-state index contributed by atoms with van der Waals surface area (Å²) in [4.78, 5) is 12.9. The normalized spacial score (nSPS) is 17.2. The Hall–Kier alpha value is -4.39. The minimum absolute atomic E-state index is 0.0486. The van der Waals surface area contributed by atoms with E-state index in [1.54, 1.807) is 22.9 Å². The van der Waals surface area contributed by atoms with E-state index in [0.717, 1.165) is 28.1 Å². The quantitative estimate of drug-likeness (QED) is 0.314. The van der Waals surface area contributed by atoms with E-state index in [1.807, 2.05) is 44.3 Å². The lowest BCUT2D eigenvalue weighted by Crippen LogP contribution is -2.27. The molecule has 0 amide bonds. The molecule has 0 saturated heterocycles. The first-order chi connectivity index (χ1) is 18.3. The van der Waals surface area contributed by atoms with Gasteiger partial charge in [0.25, 0.3) is 0 Å². The van der Waals surface area contributed by atoms with Crippen LogP contribution in [-0.4, -0.2) is 26.4 Å². The monoisotopic (exact) mass is 507 g/mol. The summed E-state index contributed by atoms with van der Waals surface area (Å²) in [6.45, 7) is 7.02.